The number of nitrogens with one attached hydrogen (secondary N) is 2. The second-order valence-corrected chi connectivity index (χ2v) is 7.28. The lowest BCUT2D eigenvalue weighted by Crippen LogP contribution is -2.52. The smallest absolute Gasteiger partial charge is 0.325 e. The van der Waals surface area contributed by atoms with Crippen LogP contribution in [-0.4, -0.2) is 56.1 Å². The van der Waals surface area contributed by atoms with Crippen LogP contribution >= 0.6 is 0 Å². The Bertz CT molecular complexity index is 828. The molecule has 2 N–H and O–H groups in total. The van der Waals surface area contributed by atoms with E-state index >= 15 is 0 Å². The predicted octanol–water partition coefficient (Wildman–Crippen LogP) is 0.779. The highest BCUT2D eigenvalue weighted by atomic mass is 16.6. The summed E-state index contributed by atoms with van der Waals surface area (Å²) in [7, 11) is 0. The van der Waals surface area contributed by atoms with Crippen LogP contribution in [-0.2, 0) is 16.1 Å². The molecule has 0 unspecified atom stereocenters. The minimum atomic E-state index is -0.678. The Labute approximate surface area is 161 Å². The minimum Gasteiger partial charge on any atom is -0.356 e. The van der Waals surface area contributed by atoms with E-state index in [0.717, 1.165) is 6.42 Å². The van der Waals surface area contributed by atoms with Crippen molar-refractivity contribution in [3.8, 4) is 0 Å². The molecule has 3 rings (SSSR count). The molecule has 1 saturated carbocycles. The molecule has 1 aliphatic carbocycles. The first-order valence-corrected chi connectivity index (χ1v) is 9.34. The Morgan fingerprint density at radius 1 is 1.32 bits per heavy atom. The van der Waals surface area contributed by atoms with Crippen LogP contribution in [0.3, 0.4) is 0 Å². The van der Waals surface area contributed by atoms with Gasteiger partial charge in [0.15, 0.2) is 0 Å². The molecule has 11 nitrogen and oxygen atoms in total. The first kappa shape index (κ1) is 19.8. The fraction of sp³-hybridized carbons (Fsp3) is 0.647. The van der Waals surface area contributed by atoms with Crippen molar-refractivity contribution >= 4 is 23.5 Å². The molecule has 1 aromatic heterocycles. The summed E-state index contributed by atoms with van der Waals surface area (Å²) in [4.78, 5) is 48.0. The molecule has 0 atom stereocenters. The molecule has 2 fully saturated rings. The Kier molecular flexibility index (Phi) is 5.34. The molecule has 152 valence electrons. The molecule has 1 aromatic rings. The van der Waals surface area contributed by atoms with Gasteiger partial charge < -0.3 is 10.6 Å². The van der Waals surface area contributed by atoms with Gasteiger partial charge in [0.2, 0.25) is 5.91 Å². The number of hydrogen-bond donors (Lipinski definition) is 2. The molecule has 4 amide bonds. The average molecular weight is 392 g/mol. The van der Waals surface area contributed by atoms with Gasteiger partial charge in [0.25, 0.3) is 5.91 Å². The van der Waals surface area contributed by atoms with Crippen LogP contribution in [0, 0.1) is 24.0 Å². The van der Waals surface area contributed by atoms with E-state index in [1.54, 1.807) is 13.8 Å². The third kappa shape index (κ3) is 3.56. The summed E-state index contributed by atoms with van der Waals surface area (Å²) in [6.45, 7) is 3.99. The number of rotatable bonds is 8. The fourth-order valence-corrected chi connectivity index (χ4v) is 3.68. The molecule has 1 saturated heterocycles. The summed E-state index contributed by atoms with van der Waals surface area (Å²) in [5.74, 6) is -0.385. The fourth-order valence-electron chi connectivity index (χ4n) is 3.68. The minimum absolute atomic E-state index is 0.0294. The molecule has 28 heavy (non-hydrogen) atoms. The predicted molar refractivity (Wildman–Crippen MR) is 97.4 cm³/mol. The van der Waals surface area contributed by atoms with E-state index in [1.807, 2.05) is 0 Å². The molecule has 1 aliphatic heterocycles. The first-order chi connectivity index (χ1) is 13.2. The van der Waals surface area contributed by atoms with Crippen LogP contribution in [0.15, 0.2) is 0 Å². The number of hydrogen-bond acceptors (Lipinski definition) is 6. The van der Waals surface area contributed by atoms with Crippen LogP contribution < -0.4 is 10.6 Å². The zero-order valence-corrected chi connectivity index (χ0v) is 16.0. The zero-order valence-electron chi connectivity index (χ0n) is 16.0. The zero-order chi connectivity index (χ0) is 20.5. The van der Waals surface area contributed by atoms with Gasteiger partial charge in [-0.25, -0.2) is 4.79 Å². The molecule has 0 aromatic carbocycles. The van der Waals surface area contributed by atoms with Gasteiger partial charge in [-0.3, -0.25) is 29.3 Å². The van der Waals surface area contributed by atoms with Crippen molar-refractivity contribution in [3.05, 3.63) is 21.5 Å². The highest BCUT2D eigenvalue weighted by Crippen LogP contribution is 2.37. The van der Waals surface area contributed by atoms with Crippen molar-refractivity contribution in [2.45, 2.75) is 58.0 Å². The highest BCUT2D eigenvalue weighted by Gasteiger charge is 2.54. The van der Waals surface area contributed by atoms with Gasteiger partial charge >= 0.3 is 11.7 Å². The van der Waals surface area contributed by atoms with Crippen molar-refractivity contribution < 1.29 is 19.3 Å². The molecule has 1 spiro atoms. The van der Waals surface area contributed by atoms with E-state index < -0.39 is 10.5 Å². The number of carbonyl (C=O) groups is 3. The number of carbonyl (C=O) groups excluding carboxylic acids is 3. The lowest BCUT2D eigenvalue weighted by Gasteiger charge is -2.34. The summed E-state index contributed by atoms with van der Waals surface area (Å²) in [5, 5.41) is 20.6. The van der Waals surface area contributed by atoms with E-state index in [2.05, 4.69) is 15.7 Å². The first-order valence-electron chi connectivity index (χ1n) is 9.34. The Hall–Kier alpha value is -2.98. The number of urea groups is 1. The van der Waals surface area contributed by atoms with Crippen LogP contribution in [0.25, 0.3) is 0 Å². The highest BCUT2D eigenvalue weighted by molar-refractivity contribution is 6.07. The number of amides is 4. The third-order valence-electron chi connectivity index (χ3n) is 5.41. The number of aryl methyl sites for hydroxylation is 2. The lowest BCUT2D eigenvalue weighted by molar-refractivity contribution is -0.386. The normalized spacial score (nSPS) is 17.6. The monoisotopic (exact) mass is 392 g/mol. The van der Waals surface area contributed by atoms with Crippen molar-refractivity contribution in [2.75, 3.05) is 13.1 Å². The van der Waals surface area contributed by atoms with Crippen molar-refractivity contribution in [1.29, 1.82) is 0 Å². The second kappa shape index (κ2) is 7.56. The number of nitrogens with zero attached hydrogens (tertiary/aromatic N) is 4. The summed E-state index contributed by atoms with van der Waals surface area (Å²) in [6.07, 6.45) is 2.91. The van der Waals surface area contributed by atoms with Gasteiger partial charge in [-0.1, -0.05) is 0 Å². The average Bonchev–Trinajstić information content (AvgIpc) is 3.03. The van der Waals surface area contributed by atoms with Crippen LogP contribution in [0.1, 0.15) is 43.5 Å². The van der Waals surface area contributed by atoms with Gasteiger partial charge in [0.05, 0.1) is 11.5 Å². The Balaban J connectivity index is 1.40. The molecule has 0 bridgehead atoms. The van der Waals surface area contributed by atoms with Gasteiger partial charge in [0, 0.05) is 19.5 Å². The van der Waals surface area contributed by atoms with E-state index in [4.69, 9.17) is 0 Å². The maximum Gasteiger partial charge on any atom is 0.325 e. The molecular weight excluding hydrogens is 368 g/mol. The lowest BCUT2D eigenvalue weighted by atomic mass is 9.77. The standard InChI is InChI=1S/C17H24N6O5/c1-11-14(23(27)28)12(2)22(20-11)10-5-13(24)18-8-4-9-21-15(25)17(6-3-7-17)19-16(21)26/h3-10H2,1-2H3,(H,18,24)(H,19,26). The van der Waals surface area contributed by atoms with Crippen molar-refractivity contribution in [2.24, 2.45) is 0 Å². The van der Waals surface area contributed by atoms with E-state index in [-0.39, 0.29) is 43.0 Å². The van der Waals surface area contributed by atoms with E-state index in [9.17, 15) is 24.5 Å². The molecular formula is C17H24N6O5. The summed E-state index contributed by atoms with van der Waals surface area (Å²) < 4.78 is 1.46. The quantitative estimate of drug-likeness (QED) is 0.290. The van der Waals surface area contributed by atoms with Crippen molar-refractivity contribution in [3.63, 3.8) is 0 Å². The molecule has 2 aliphatic rings. The topological polar surface area (TPSA) is 139 Å². The maximum absolute atomic E-state index is 12.3. The van der Waals surface area contributed by atoms with Crippen LogP contribution in [0.2, 0.25) is 0 Å². The largest absolute Gasteiger partial charge is 0.356 e. The van der Waals surface area contributed by atoms with Gasteiger partial charge in [-0.05, 0) is 39.5 Å². The summed E-state index contributed by atoms with van der Waals surface area (Å²) in [5.41, 5.74) is 0.0283. The van der Waals surface area contributed by atoms with Crippen molar-refractivity contribution in [1.82, 2.24) is 25.3 Å². The van der Waals surface area contributed by atoms with Gasteiger partial charge in [-0.15, -0.1) is 0 Å². The maximum atomic E-state index is 12.3. The SMILES string of the molecule is Cc1nn(CCC(=O)NCCCN2C(=O)NC3(CCC3)C2=O)c(C)c1[N+](=O)[O-]. The Morgan fingerprint density at radius 2 is 2.04 bits per heavy atom. The molecule has 11 heteroatoms. The summed E-state index contributed by atoms with van der Waals surface area (Å²) >= 11 is 0. The van der Waals surface area contributed by atoms with E-state index in [1.165, 1.54) is 9.58 Å². The molecule has 2 heterocycles. The second-order valence-electron chi connectivity index (χ2n) is 7.28. The Morgan fingerprint density at radius 3 is 2.57 bits per heavy atom. The van der Waals surface area contributed by atoms with Crippen LogP contribution in [0.5, 0.6) is 0 Å². The summed E-state index contributed by atoms with van der Waals surface area (Å²) in [6, 6.07) is -0.359. The number of nitro groups is 1. The third-order valence-corrected chi connectivity index (χ3v) is 5.41. The van der Waals surface area contributed by atoms with Gasteiger partial charge in [-0.2, -0.15) is 5.10 Å². The number of imide groups is 1. The molecule has 0 radical (unpaired) electrons. The van der Waals surface area contributed by atoms with Crippen LogP contribution in [0.4, 0.5) is 10.5 Å². The number of aromatic nitrogens is 2. The van der Waals surface area contributed by atoms with Gasteiger partial charge in [0.1, 0.15) is 16.9 Å². The van der Waals surface area contributed by atoms with E-state index in [0.29, 0.717) is 37.2 Å².